The average molecular weight is 251 g/mol. The summed E-state index contributed by atoms with van der Waals surface area (Å²) in [6.07, 6.45) is 0. The minimum atomic E-state index is -0.454. The van der Waals surface area contributed by atoms with Crippen molar-refractivity contribution in [2.75, 3.05) is 0 Å². The maximum absolute atomic E-state index is 11.9. The molecule has 0 amide bonds. The van der Waals surface area contributed by atoms with Crippen LogP contribution in [0.4, 0.5) is 0 Å². The largest absolute Gasteiger partial charge is 0.348 e. The highest BCUT2D eigenvalue weighted by Gasteiger charge is 2.12. The maximum atomic E-state index is 11.9. The molecule has 7 heteroatoms. The minimum Gasteiger partial charge on any atom is -0.307 e. The highest BCUT2D eigenvalue weighted by molar-refractivity contribution is 6.31. The summed E-state index contributed by atoms with van der Waals surface area (Å²) in [6.45, 7) is 0. The normalized spacial score (nSPS) is 11.4. The summed E-state index contributed by atoms with van der Waals surface area (Å²) >= 11 is 5.90. The molecule has 0 aliphatic rings. The van der Waals surface area contributed by atoms with Gasteiger partial charge in [0.05, 0.1) is 11.0 Å². The lowest BCUT2D eigenvalue weighted by atomic mass is 10.3. The highest BCUT2D eigenvalue weighted by atomic mass is 35.5. The van der Waals surface area contributed by atoms with Crippen molar-refractivity contribution in [1.82, 2.24) is 19.2 Å². The fraction of sp³-hybridized carbons (Fsp3) is 0.100. The lowest BCUT2D eigenvalue weighted by molar-refractivity contribution is 0.892. The monoisotopic (exact) mass is 250 g/mol. The molecule has 2 heterocycles. The van der Waals surface area contributed by atoms with Gasteiger partial charge in [-0.25, -0.2) is 14.3 Å². The molecule has 0 unspecified atom stereocenters. The van der Waals surface area contributed by atoms with E-state index in [0.29, 0.717) is 16.1 Å². The van der Waals surface area contributed by atoms with Crippen molar-refractivity contribution in [3.05, 3.63) is 44.1 Å². The van der Waals surface area contributed by atoms with Gasteiger partial charge in [-0.2, -0.15) is 0 Å². The van der Waals surface area contributed by atoms with Crippen LogP contribution in [0.3, 0.4) is 0 Å². The summed E-state index contributed by atoms with van der Waals surface area (Å²) in [5.41, 5.74) is 0.444. The van der Waals surface area contributed by atoms with Crippen molar-refractivity contribution in [1.29, 1.82) is 0 Å². The van der Waals surface area contributed by atoms with Gasteiger partial charge in [0.2, 0.25) is 5.65 Å². The third-order valence-electron chi connectivity index (χ3n) is 2.71. The molecular weight excluding hydrogens is 244 g/mol. The van der Waals surface area contributed by atoms with Crippen LogP contribution in [-0.4, -0.2) is 19.2 Å². The number of aromatic nitrogens is 4. The van der Waals surface area contributed by atoms with Crippen LogP contribution in [0.15, 0.2) is 27.8 Å². The quantitative estimate of drug-likeness (QED) is 0.633. The summed E-state index contributed by atoms with van der Waals surface area (Å²) in [4.78, 5) is 23.5. The van der Waals surface area contributed by atoms with E-state index in [1.807, 2.05) is 0 Å². The van der Waals surface area contributed by atoms with E-state index in [-0.39, 0.29) is 11.2 Å². The summed E-state index contributed by atoms with van der Waals surface area (Å²) in [7, 11) is 1.62. The minimum absolute atomic E-state index is 0.0623. The zero-order valence-electron chi connectivity index (χ0n) is 8.77. The number of benzene rings is 1. The topological polar surface area (TPSA) is 72.2 Å². The number of nitrogens with one attached hydrogen (secondary N) is 1. The standard InChI is InChI=1S/C10H7ClN4O2/c1-14-6-3-2-5(11)4-7(6)15-8(9(14)16)12-13-10(15)17/h2-4H,1H3,(H,13,17). The van der Waals surface area contributed by atoms with E-state index in [4.69, 9.17) is 11.6 Å². The van der Waals surface area contributed by atoms with Crippen LogP contribution in [0.1, 0.15) is 0 Å². The van der Waals surface area contributed by atoms with Gasteiger partial charge in [0.15, 0.2) is 0 Å². The van der Waals surface area contributed by atoms with Crippen LogP contribution in [0.2, 0.25) is 5.02 Å². The Morgan fingerprint density at radius 3 is 2.82 bits per heavy atom. The van der Waals surface area contributed by atoms with E-state index in [0.717, 1.165) is 0 Å². The van der Waals surface area contributed by atoms with Gasteiger partial charge >= 0.3 is 5.69 Å². The Bertz CT molecular complexity index is 858. The molecule has 0 atom stereocenters. The first-order valence-corrected chi connectivity index (χ1v) is 5.23. The molecule has 0 aliphatic carbocycles. The Morgan fingerprint density at radius 1 is 1.29 bits per heavy atom. The SMILES string of the molecule is Cn1c(=O)c2n[nH]c(=O)n2c2cc(Cl)ccc21. The van der Waals surface area contributed by atoms with Crippen LogP contribution in [0.25, 0.3) is 16.7 Å². The smallest absolute Gasteiger partial charge is 0.307 e. The number of aryl methyl sites for hydroxylation is 1. The zero-order chi connectivity index (χ0) is 12.2. The first-order chi connectivity index (χ1) is 8.09. The van der Waals surface area contributed by atoms with Gasteiger partial charge in [-0.15, -0.1) is 5.10 Å². The van der Waals surface area contributed by atoms with Crippen molar-refractivity contribution < 1.29 is 0 Å². The molecule has 2 aromatic heterocycles. The van der Waals surface area contributed by atoms with E-state index in [1.54, 1.807) is 25.2 Å². The highest BCUT2D eigenvalue weighted by Crippen LogP contribution is 2.17. The Balaban J connectivity index is 2.79. The molecule has 1 aromatic carbocycles. The Labute approximate surface area is 99.1 Å². The summed E-state index contributed by atoms with van der Waals surface area (Å²) in [5.74, 6) is 0. The molecule has 0 bridgehead atoms. The van der Waals surface area contributed by atoms with Crippen molar-refractivity contribution >= 4 is 28.3 Å². The Kier molecular flexibility index (Phi) is 1.90. The molecule has 0 aliphatic heterocycles. The first kappa shape index (κ1) is 10.1. The predicted octanol–water partition coefficient (Wildman–Crippen LogP) is 0.528. The van der Waals surface area contributed by atoms with Crippen molar-refractivity contribution in [2.45, 2.75) is 0 Å². The Hall–Kier alpha value is -2.08. The molecule has 17 heavy (non-hydrogen) atoms. The van der Waals surface area contributed by atoms with Gasteiger partial charge in [-0.1, -0.05) is 11.6 Å². The number of rotatable bonds is 0. The van der Waals surface area contributed by atoms with E-state index in [1.165, 1.54) is 8.97 Å². The van der Waals surface area contributed by atoms with Gasteiger partial charge in [0.25, 0.3) is 5.56 Å². The number of hydrogen-bond acceptors (Lipinski definition) is 3. The van der Waals surface area contributed by atoms with E-state index >= 15 is 0 Å². The fourth-order valence-corrected chi connectivity index (χ4v) is 2.05. The lowest BCUT2D eigenvalue weighted by Crippen LogP contribution is -2.23. The molecule has 0 saturated heterocycles. The average Bonchev–Trinajstić information content (AvgIpc) is 2.68. The number of H-pyrrole nitrogens is 1. The number of halogens is 1. The number of fused-ring (bicyclic) bond motifs is 3. The second-order valence-electron chi connectivity index (χ2n) is 3.68. The molecule has 0 spiro atoms. The van der Waals surface area contributed by atoms with Crippen LogP contribution in [0, 0.1) is 0 Å². The third kappa shape index (κ3) is 1.24. The Morgan fingerprint density at radius 2 is 2.06 bits per heavy atom. The van der Waals surface area contributed by atoms with Gasteiger partial charge in [-0.05, 0) is 18.2 Å². The molecule has 1 N–H and O–H groups in total. The summed E-state index contributed by atoms with van der Waals surface area (Å²) in [5, 5.41) is 6.46. The van der Waals surface area contributed by atoms with Gasteiger partial charge < -0.3 is 4.57 Å². The van der Waals surface area contributed by atoms with Crippen LogP contribution >= 0.6 is 11.6 Å². The fourth-order valence-electron chi connectivity index (χ4n) is 1.88. The van der Waals surface area contributed by atoms with Crippen molar-refractivity contribution in [3.63, 3.8) is 0 Å². The van der Waals surface area contributed by atoms with E-state index < -0.39 is 5.69 Å². The third-order valence-corrected chi connectivity index (χ3v) is 2.94. The van der Waals surface area contributed by atoms with E-state index in [9.17, 15) is 9.59 Å². The molecule has 86 valence electrons. The van der Waals surface area contributed by atoms with Gasteiger partial charge in [0, 0.05) is 12.1 Å². The summed E-state index contributed by atoms with van der Waals surface area (Å²) < 4.78 is 2.66. The number of aromatic amines is 1. The van der Waals surface area contributed by atoms with Gasteiger partial charge in [-0.3, -0.25) is 4.79 Å². The second-order valence-corrected chi connectivity index (χ2v) is 4.12. The van der Waals surface area contributed by atoms with Crippen LogP contribution in [0.5, 0.6) is 0 Å². The van der Waals surface area contributed by atoms with Crippen LogP contribution < -0.4 is 11.2 Å². The predicted molar refractivity (Wildman–Crippen MR) is 63.6 cm³/mol. The van der Waals surface area contributed by atoms with Crippen molar-refractivity contribution in [3.8, 4) is 0 Å². The van der Waals surface area contributed by atoms with E-state index in [2.05, 4.69) is 10.2 Å². The number of nitrogens with zero attached hydrogens (tertiary/aromatic N) is 3. The molecule has 0 radical (unpaired) electrons. The first-order valence-electron chi connectivity index (χ1n) is 4.85. The molecule has 0 fully saturated rings. The molecule has 3 rings (SSSR count). The lowest BCUT2D eigenvalue weighted by Gasteiger charge is -2.06. The molecule has 3 aromatic rings. The molecule has 6 nitrogen and oxygen atoms in total. The number of hydrogen-bond donors (Lipinski definition) is 1. The molecule has 0 saturated carbocycles. The van der Waals surface area contributed by atoms with Crippen LogP contribution in [-0.2, 0) is 7.05 Å². The van der Waals surface area contributed by atoms with Gasteiger partial charge in [0.1, 0.15) is 0 Å². The van der Waals surface area contributed by atoms with Crippen molar-refractivity contribution in [2.24, 2.45) is 7.05 Å². The second kappa shape index (κ2) is 3.21. The maximum Gasteiger partial charge on any atom is 0.348 e. The summed E-state index contributed by atoms with van der Waals surface area (Å²) in [6, 6.07) is 4.98. The molecular formula is C10H7ClN4O2. The zero-order valence-corrected chi connectivity index (χ0v) is 9.52.